The van der Waals surface area contributed by atoms with Crippen molar-refractivity contribution in [3.8, 4) is 22.5 Å². The van der Waals surface area contributed by atoms with Crippen LogP contribution in [0.3, 0.4) is 0 Å². The van der Waals surface area contributed by atoms with Crippen molar-refractivity contribution in [2.45, 2.75) is 51.3 Å². The molecule has 1 aliphatic carbocycles. The summed E-state index contributed by atoms with van der Waals surface area (Å²) in [6, 6.07) is 23.5. The largest absolute Gasteiger partial charge is 1.00 e. The predicted molar refractivity (Wildman–Crippen MR) is 183 cm³/mol. The van der Waals surface area contributed by atoms with Gasteiger partial charge in [0.15, 0.2) is 0 Å². The minimum atomic E-state index is -4.85. The molecule has 0 saturated carbocycles. The second-order valence-corrected chi connectivity index (χ2v) is 14.6. The fraction of sp³-hybridized carbons (Fsp3) is 0.162. The minimum absolute atomic E-state index is 0. The van der Waals surface area contributed by atoms with Crippen LogP contribution in [0.25, 0.3) is 33.4 Å². The van der Waals surface area contributed by atoms with Gasteiger partial charge in [0.25, 0.3) is 0 Å². The molecule has 2 aliphatic rings. The Kier molecular flexibility index (Phi) is 12.0. The Bertz CT molecular complexity index is 2540. The molecule has 6 rings (SSSR count). The summed E-state index contributed by atoms with van der Waals surface area (Å²) in [4.78, 5) is 4.23. The molecule has 13 heteroatoms. The Labute approximate surface area is 336 Å². The van der Waals surface area contributed by atoms with E-state index in [1.807, 2.05) is 26.8 Å². The van der Waals surface area contributed by atoms with E-state index in [4.69, 9.17) is 9.41 Å². The van der Waals surface area contributed by atoms with E-state index in [2.05, 4.69) is 11.4 Å². The quantitative estimate of drug-likeness (QED) is 0.118. The molecule has 4 aromatic carbocycles. The standard InChI is InChI=1S/C37H33N2O7S2.2Na/c1-20-15-21(2)35(22(3)16-20)38-26-11-13-28-31(18-26)46-32-19-27(39-36-23(4)17-24(5)37(25(36)6)48(43,44)45)12-14-29(32)34(28)30-9-7-8-10-33(30)47(40,41)42;;/h7-15,17-19,39H,1-6H3,(H,40,41,42)(H,43,44,45);;/q-1;2*+1/p-2. The number of rotatable bonds is 6. The summed E-state index contributed by atoms with van der Waals surface area (Å²) in [6.45, 7) is 10.9. The van der Waals surface area contributed by atoms with Crippen LogP contribution in [-0.2, 0) is 20.2 Å². The van der Waals surface area contributed by atoms with Gasteiger partial charge in [-0.1, -0.05) is 45.0 Å². The summed E-state index contributed by atoms with van der Waals surface area (Å²) in [6.07, 6.45) is 0. The molecule has 1 aliphatic heterocycles. The van der Waals surface area contributed by atoms with Crippen molar-refractivity contribution in [1.29, 1.82) is 0 Å². The van der Waals surface area contributed by atoms with Gasteiger partial charge in [-0.05, 0) is 73.5 Å². The van der Waals surface area contributed by atoms with Gasteiger partial charge in [-0.3, -0.25) is 0 Å². The third-order valence-corrected chi connectivity index (χ3v) is 10.4. The third kappa shape index (κ3) is 7.83. The first kappa shape index (κ1) is 40.0. The van der Waals surface area contributed by atoms with Crippen LogP contribution in [0.4, 0.5) is 17.1 Å². The topological polar surface area (TPSA) is 152 Å². The molecule has 1 heterocycles. The number of hydrogen-bond acceptors (Lipinski definition) is 9. The number of hydrogen-bond donors (Lipinski definition) is 1. The number of nitrogens with one attached hydrogen (secondary N) is 1. The Balaban J connectivity index is 0.00000281. The second-order valence-electron chi connectivity index (χ2n) is 12.0. The number of fused-ring (bicyclic) bond motifs is 2. The molecule has 0 amide bonds. The van der Waals surface area contributed by atoms with Crippen molar-refractivity contribution in [1.82, 2.24) is 0 Å². The SMILES string of the molecule is Cc1[c-]c(C)c(N=c2ccc3c(-c4ccccc4S(=O)(=O)[O-])c4ccc(Nc5c(C)cc(C)c(S(=O)(=O)[O-])c5C)cc4oc-3c2)c(C)c1.[Na+].[Na+]. The average Bonchev–Trinajstić information content (AvgIpc) is 2.98. The Hall–Kier alpha value is -2.81. The Morgan fingerprint density at radius 2 is 1.44 bits per heavy atom. The van der Waals surface area contributed by atoms with Gasteiger partial charge in [0.2, 0.25) is 0 Å². The van der Waals surface area contributed by atoms with E-state index < -0.39 is 20.2 Å². The molecule has 0 radical (unpaired) electrons. The summed E-state index contributed by atoms with van der Waals surface area (Å²) in [5, 5.41) is 4.37. The maximum absolute atomic E-state index is 12.4. The van der Waals surface area contributed by atoms with Crippen molar-refractivity contribution < 1.29 is 89.5 Å². The van der Waals surface area contributed by atoms with Gasteiger partial charge in [0.05, 0.1) is 15.1 Å². The van der Waals surface area contributed by atoms with Gasteiger partial charge in [0.1, 0.15) is 31.6 Å². The van der Waals surface area contributed by atoms with Crippen LogP contribution < -0.4 is 69.8 Å². The van der Waals surface area contributed by atoms with Crippen LogP contribution >= 0.6 is 0 Å². The van der Waals surface area contributed by atoms with Crippen molar-refractivity contribution in [3.63, 3.8) is 0 Å². The molecule has 50 heavy (non-hydrogen) atoms. The zero-order valence-corrected chi connectivity index (χ0v) is 34.7. The molecule has 0 fully saturated rings. The molecular weight excluding hydrogens is 695 g/mol. The maximum Gasteiger partial charge on any atom is 1.00 e. The first-order chi connectivity index (χ1) is 22.5. The smallest absolute Gasteiger partial charge is 0.744 e. The number of benzene rings is 5. The Morgan fingerprint density at radius 1 is 0.740 bits per heavy atom. The molecule has 0 saturated heterocycles. The predicted octanol–water partition coefficient (Wildman–Crippen LogP) is 1.65. The van der Waals surface area contributed by atoms with Crippen LogP contribution in [0.2, 0.25) is 0 Å². The zero-order chi connectivity index (χ0) is 34.7. The van der Waals surface area contributed by atoms with E-state index in [-0.39, 0.29) is 74.5 Å². The van der Waals surface area contributed by atoms with Crippen molar-refractivity contribution >= 4 is 48.3 Å². The van der Waals surface area contributed by atoms with Crippen molar-refractivity contribution in [2.75, 3.05) is 5.32 Å². The van der Waals surface area contributed by atoms with E-state index >= 15 is 0 Å². The first-order valence-corrected chi connectivity index (χ1v) is 17.8. The van der Waals surface area contributed by atoms with E-state index in [0.717, 1.165) is 27.9 Å². The molecule has 1 N–H and O–H groups in total. The van der Waals surface area contributed by atoms with E-state index in [0.29, 0.717) is 55.7 Å². The molecule has 0 spiro atoms. The molecule has 246 valence electrons. The average molecular weight is 726 g/mol. The van der Waals surface area contributed by atoms with Crippen LogP contribution in [0.1, 0.15) is 33.4 Å². The maximum atomic E-state index is 12.4. The van der Waals surface area contributed by atoms with E-state index in [1.54, 1.807) is 75.4 Å². The molecule has 4 aromatic rings. The zero-order valence-electron chi connectivity index (χ0n) is 29.0. The van der Waals surface area contributed by atoms with Crippen molar-refractivity contribution in [2.24, 2.45) is 4.99 Å². The molecule has 9 nitrogen and oxygen atoms in total. The van der Waals surface area contributed by atoms with E-state index in [9.17, 15) is 25.9 Å². The number of aryl methyl sites for hydroxylation is 5. The minimum Gasteiger partial charge on any atom is -0.744 e. The van der Waals surface area contributed by atoms with Crippen LogP contribution in [0.5, 0.6) is 0 Å². The van der Waals surface area contributed by atoms with Gasteiger partial charge in [-0.25, -0.2) is 16.8 Å². The number of nitrogens with zero attached hydrogens (tertiary/aromatic N) is 1. The molecule has 0 atom stereocenters. The van der Waals surface area contributed by atoms with Gasteiger partial charge >= 0.3 is 59.1 Å². The summed E-state index contributed by atoms with van der Waals surface area (Å²) in [5.74, 6) is 0.392. The van der Waals surface area contributed by atoms with Gasteiger partial charge < -0.3 is 23.8 Å². The van der Waals surface area contributed by atoms with Gasteiger partial charge in [-0.15, -0.1) is 11.1 Å². The normalized spacial score (nSPS) is 12.1. The van der Waals surface area contributed by atoms with Crippen LogP contribution in [-0.4, -0.2) is 25.9 Å². The second kappa shape index (κ2) is 15.0. The molecule has 0 bridgehead atoms. The number of anilines is 2. The van der Waals surface area contributed by atoms with Crippen LogP contribution in [0, 0.1) is 47.6 Å². The molecule has 0 aromatic heterocycles. The summed E-state index contributed by atoms with van der Waals surface area (Å²) >= 11 is 0. The van der Waals surface area contributed by atoms with Crippen LogP contribution in [0.15, 0.2) is 92.0 Å². The summed E-state index contributed by atoms with van der Waals surface area (Å²) in [5.41, 5.74) is 7.65. The first-order valence-electron chi connectivity index (χ1n) is 15.0. The van der Waals surface area contributed by atoms with Gasteiger partial charge in [-0.2, -0.15) is 17.7 Å². The van der Waals surface area contributed by atoms with E-state index in [1.165, 1.54) is 12.1 Å². The van der Waals surface area contributed by atoms with Gasteiger partial charge in [0, 0.05) is 45.6 Å². The fourth-order valence-corrected chi connectivity index (χ4v) is 8.09. The molecule has 0 unspecified atom stereocenters. The summed E-state index contributed by atoms with van der Waals surface area (Å²) in [7, 11) is -9.58. The Morgan fingerprint density at radius 3 is 2.10 bits per heavy atom. The third-order valence-electron chi connectivity index (χ3n) is 8.34. The molecular formula is C37H31N2Na2O7S2-. The van der Waals surface area contributed by atoms with Crippen molar-refractivity contribution in [3.05, 3.63) is 118 Å². The monoisotopic (exact) mass is 725 g/mol. The fourth-order valence-electron chi connectivity index (χ4n) is 6.48. The summed E-state index contributed by atoms with van der Waals surface area (Å²) < 4.78 is 79.9.